The van der Waals surface area contributed by atoms with Gasteiger partial charge in [0.15, 0.2) is 9.84 Å². The molecule has 1 fully saturated rings. The summed E-state index contributed by atoms with van der Waals surface area (Å²) in [4.78, 5) is 15.1. The number of carbonyl (C=O) groups excluding carboxylic acids is 1. The van der Waals surface area contributed by atoms with Crippen molar-refractivity contribution >= 4 is 15.7 Å². The Morgan fingerprint density at radius 2 is 2.04 bits per heavy atom. The summed E-state index contributed by atoms with van der Waals surface area (Å²) in [5.41, 5.74) is 2.06. The van der Waals surface area contributed by atoms with Crippen LogP contribution in [0.25, 0.3) is 11.4 Å². The van der Waals surface area contributed by atoms with Crippen LogP contribution in [0.15, 0.2) is 24.3 Å². The van der Waals surface area contributed by atoms with E-state index < -0.39 is 9.84 Å². The number of benzene rings is 1. The van der Waals surface area contributed by atoms with Crippen molar-refractivity contribution in [1.29, 1.82) is 0 Å². The highest BCUT2D eigenvalue weighted by Crippen LogP contribution is 2.17. The van der Waals surface area contributed by atoms with Gasteiger partial charge in [-0.2, -0.15) is 4.80 Å². The number of carbonyl (C=O) groups is 1. The zero-order chi connectivity index (χ0) is 18.0. The molecule has 134 valence electrons. The van der Waals surface area contributed by atoms with E-state index in [-0.39, 0.29) is 30.0 Å². The van der Waals surface area contributed by atoms with Crippen LogP contribution in [-0.4, -0.2) is 64.0 Å². The molecule has 0 spiro atoms. The molecule has 1 amide bonds. The summed E-state index contributed by atoms with van der Waals surface area (Å²) in [7, 11) is -1.41. The van der Waals surface area contributed by atoms with Crippen LogP contribution in [0.4, 0.5) is 0 Å². The summed E-state index contributed by atoms with van der Waals surface area (Å²) in [6.45, 7) is 2.02. The molecule has 9 heteroatoms. The molecule has 1 aliphatic rings. The predicted octanol–water partition coefficient (Wildman–Crippen LogP) is 0.548. The molecule has 0 saturated carbocycles. The van der Waals surface area contributed by atoms with Crippen molar-refractivity contribution in [3.63, 3.8) is 0 Å². The first-order valence-electron chi connectivity index (χ1n) is 8.21. The third kappa shape index (κ3) is 4.04. The Labute approximate surface area is 146 Å². The van der Waals surface area contributed by atoms with Crippen molar-refractivity contribution in [1.82, 2.24) is 25.1 Å². The summed E-state index contributed by atoms with van der Waals surface area (Å²) in [6.07, 6.45) is 1.43. The lowest BCUT2D eigenvalue weighted by atomic mass is 10.1. The number of aryl methyl sites for hydroxylation is 1. The number of sulfone groups is 1. The summed E-state index contributed by atoms with van der Waals surface area (Å²) < 4.78 is 23.1. The molecule has 0 N–H and O–H groups in total. The number of aromatic nitrogens is 4. The fourth-order valence-electron chi connectivity index (χ4n) is 2.83. The second kappa shape index (κ2) is 6.91. The number of amides is 1. The van der Waals surface area contributed by atoms with E-state index in [4.69, 9.17) is 0 Å². The highest BCUT2D eigenvalue weighted by Gasteiger charge is 2.32. The number of rotatable bonds is 5. The Bertz CT molecular complexity index is 860. The number of likely N-dealkylation sites (N-methyl/N-ethyl adjacent to an activating group) is 1. The lowest BCUT2D eigenvalue weighted by Crippen LogP contribution is -2.40. The fraction of sp³-hybridized carbons (Fsp3) is 0.500. The van der Waals surface area contributed by atoms with Crippen LogP contribution in [-0.2, 0) is 27.6 Å². The minimum Gasteiger partial charge on any atom is -0.340 e. The zero-order valence-electron chi connectivity index (χ0n) is 14.3. The van der Waals surface area contributed by atoms with E-state index in [1.807, 2.05) is 24.3 Å². The van der Waals surface area contributed by atoms with E-state index in [0.29, 0.717) is 12.2 Å². The molecule has 0 bridgehead atoms. The maximum absolute atomic E-state index is 12.3. The van der Waals surface area contributed by atoms with E-state index in [1.165, 1.54) is 15.3 Å². The zero-order valence-corrected chi connectivity index (χ0v) is 15.1. The van der Waals surface area contributed by atoms with Gasteiger partial charge < -0.3 is 4.90 Å². The Kier molecular flexibility index (Phi) is 4.85. The van der Waals surface area contributed by atoms with Gasteiger partial charge in [-0.3, -0.25) is 4.79 Å². The topological polar surface area (TPSA) is 98.0 Å². The van der Waals surface area contributed by atoms with Crippen molar-refractivity contribution in [2.75, 3.05) is 18.6 Å². The van der Waals surface area contributed by atoms with Gasteiger partial charge in [0.2, 0.25) is 11.7 Å². The lowest BCUT2D eigenvalue weighted by Gasteiger charge is -2.22. The van der Waals surface area contributed by atoms with Crippen molar-refractivity contribution in [3.8, 4) is 11.4 Å². The molecule has 3 rings (SSSR count). The first-order valence-corrected chi connectivity index (χ1v) is 10.0. The number of tetrazole rings is 1. The summed E-state index contributed by atoms with van der Waals surface area (Å²) in [6, 6.07) is 7.60. The molecule has 1 aromatic carbocycles. The van der Waals surface area contributed by atoms with Gasteiger partial charge in [-0.25, -0.2) is 8.42 Å². The standard InChI is InChI=1S/C16H21N5O3S/c1-3-12-4-6-13(7-5-12)16-17-19-21(18-16)10-15(22)20(2)14-8-9-25(23,24)11-14/h4-7,14H,3,8-11H2,1-2H3/t14-/m0/s1. The number of hydrogen-bond acceptors (Lipinski definition) is 6. The molecule has 1 aliphatic heterocycles. The molecular formula is C16H21N5O3S. The van der Waals surface area contributed by atoms with Gasteiger partial charge in [-0.15, -0.1) is 10.2 Å². The van der Waals surface area contributed by atoms with Crippen LogP contribution in [0.5, 0.6) is 0 Å². The molecule has 2 heterocycles. The SMILES string of the molecule is CCc1ccc(-c2nnn(CC(=O)N(C)[C@H]3CCS(=O)(=O)C3)n2)cc1. The van der Waals surface area contributed by atoms with Gasteiger partial charge >= 0.3 is 0 Å². The Balaban J connectivity index is 1.65. The predicted molar refractivity (Wildman–Crippen MR) is 92.5 cm³/mol. The molecular weight excluding hydrogens is 342 g/mol. The van der Waals surface area contributed by atoms with Crippen LogP contribution < -0.4 is 0 Å². The maximum Gasteiger partial charge on any atom is 0.246 e. The van der Waals surface area contributed by atoms with Gasteiger partial charge in [0, 0.05) is 18.7 Å². The fourth-order valence-corrected chi connectivity index (χ4v) is 4.61. The Morgan fingerprint density at radius 1 is 1.32 bits per heavy atom. The van der Waals surface area contributed by atoms with E-state index in [0.717, 1.165) is 12.0 Å². The first kappa shape index (κ1) is 17.5. The molecule has 2 aromatic rings. The van der Waals surface area contributed by atoms with E-state index in [2.05, 4.69) is 22.3 Å². The molecule has 1 saturated heterocycles. The van der Waals surface area contributed by atoms with Crippen LogP contribution in [0.2, 0.25) is 0 Å². The van der Waals surface area contributed by atoms with Crippen LogP contribution in [0.1, 0.15) is 18.9 Å². The monoisotopic (exact) mass is 363 g/mol. The highest BCUT2D eigenvalue weighted by molar-refractivity contribution is 7.91. The van der Waals surface area contributed by atoms with Crippen molar-refractivity contribution in [2.24, 2.45) is 0 Å². The van der Waals surface area contributed by atoms with Gasteiger partial charge in [0.1, 0.15) is 6.54 Å². The normalized spacial score (nSPS) is 19.0. The molecule has 1 aromatic heterocycles. The summed E-state index contributed by atoms with van der Waals surface area (Å²) >= 11 is 0. The van der Waals surface area contributed by atoms with Crippen LogP contribution >= 0.6 is 0 Å². The van der Waals surface area contributed by atoms with E-state index >= 15 is 0 Å². The van der Waals surface area contributed by atoms with Gasteiger partial charge in [0.05, 0.1) is 11.5 Å². The number of nitrogens with zero attached hydrogens (tertiary/aromatic N) is 5. The van der Waals surface area contributed by atoms with Gasteiger partial charge in [0.25, 0.3) is 0 Å². The Hall–Kier alpha value is -2.29. The Morgan fingerprint density at radius 3 is 2.64 bits per heavy atom. The molecule has 0 aliphatic carbocycles. The largest absolute Gasteiger partial charge is 0.340 e. The van der Waals surface area contributed by atoms with Crippen molar-refractivity contribution in [3.05, 3.63) is 29.8 Å². The second-order valence-electron chi connectivity index (χ2n) is 6.26. The quantitative estimate of drug-likeness (QED) is 0.769. The number of hydrogen-bond donors (Lipinski definition) is 0. The molecule has 8 nitrogen and oxygen atoms in total. The van der Waals surface area contributed by atoms with Gasteiger partial charge in [-0.05, 0) is 23.6 Å². The average Bonchev–Trinajstić information content (AvgIpc) is 3.20. The molecule has 0 unspecified atom stereocenters. The molecule has 1 atom stereocenters. The van der Waals surface area contributed by atoms with Crippen molar-refractivity contribution < 1.29 is 13.2 Å². The smallest absolute Gasteiger partial charge is 0.246 e. The maximum atomic E-state index is 12.3. The average molecular weight is 363 g/mol. The molecule has 25 heavy (non-hydrogen) atoms. The van der Waals surface area contributed by atoms with E-state index in [9.17, 15) is 13.2 Å². The third-order valence-corrected chi connectivity index (χ3v) is 6.25. The second-order valence-corrected chi connectivity index (χ2v) is 8.48. The first-order chi connectivity index (χ1) is 11.9. The van der Waals surface area contributed by atoms with Gasteiger partial charge in [-0.1, -0.05) is 31.2 Å². The minimum absolute atomic E-state index is 0.0229. The minimum atomic E-state index is -3.03. The molecule has 0 radical (unpaired) electrons. The van der Waals surface area contributed by atoms with Crippen LogP contribution in [0, 0.1) is 0 Å². The summed E-state index contributed by atoms with van der Waals surface area (Å²) in [5.74, 6) is 0.387. The van der Waals surface area contributed by atoms with Crippen LogP contribution in [0.3, 0.4) is 0 Å². The lowest BCUT2D eigenvalue weighted by molar-refractivity contribution is -0.132. The van der Waals surface area contributed by atoms with E-state index in [1.54, 1.807) is 7.05 Å². The van der Waals surface area contributed by atoms with Crippen molar-refractivity contribution in [2.45, 2.75) is 32.4 Å². The third-order valence-electron chi connectivity index (χ3n) is 4.50. The highest BCUT2D eigenvalue weighted by atomic mass is 32.2. The summed E-state index contributed by atoms with van der Waals surface area (Å²) in [5, 5.41) is 12.2.